The summed E-state index contributed by atoms with van der Waals surface area (Å²) in [7, 11) is 4.34. The summed E-state index contributed by atoms with van der Waals surface area (Å²) < 4.78 is 2.29. The Bertz CT molecular complexity index is 3660. The summed E-state index contributed by atoms with van der Waals surface area (Å²) in [4.78, 5) is 7.10. The van der Waals surface area contributed by atoms with Gasteiger partial charge in [0.15, 0.2) is 0 Å². The predicted octanol–water partition coefficient (Wildman–Crippen LogP) is 17.4. The van der Waals surface area contributed by atoms with Gasteiger partial charge in [-0.05, 0) is 153 Å². The minimum Gasteiger partial charge on any atom is -0.371 e. The number of aromatic nitrogens is 1. The number of fused-ring (bicyclic) bond motifs is 6. The van der Waals surface area contributed by atoms with E-state index in [1.807, 2.05) is 0 Å². The molecule has 1 aliphatic rings. The molecule has 0 unspecified atom stereocenters. The van der Waals surface area contributed by atoms with E-state index in [1.165, 1.54) is 76.9 Å². The molecule has 4 heteroatoms. The van der Waals surface area contributed by atoms with Gasteiger partial charge in [0.1, 0.15) is 0 Å². The molecule has 0 aliphatic carbocycles. The second-order valence-corrected chi connectivity index (χ2v) is 18.1. The zero-order valence-corrected chi connectivity index (χ0v) is 39.0. The summed E-state index contributed by atoms with van der Waals surface area (Å²) in [6, 6.07) is 80.2. The maximum absolute atomic E-state index is 2.39. The topological polar surface area (TPSA) is 14.7 Å². The molecule has 0 saturated carbocycles. The molecule has 0 fully saturated rings. The van der Waals surface area contributed by atoms with E-state index in [2.05, 4.69) is 276 Å². The maximum Gasteiger partial charge on any atom is 0.0490 e. The third kappa shape index (κ3) is 7.61. The second-order valence-electron chi connectivity index (χ2n) is 18.1. The van der Waals surface area contributed by atoms with Crippen LogP contribution in [0.1, 0.15) is 12.0 Å². The average Bonchev–Trinajstić information content (AvgIpc) is 3.69. The first-order chi connectivity index (χ1) is 34.1. The molecular formula is C65H52N4. The van der Waals surface area contributed by atoms with Gasteiger partial charge in [0.2, 0.25) is 0 Å². The van der Waals surface area contributed by atoms with Crippen molar-refractivity contribution < 1.29 is 0 Å². The normalized spacial score (nSPS) is 13.7. The van der Waals surface area contributed by atoms with Crippen LogP contribution < -0.4 is 14.7 Å². The largest absolute Gasteiger partial charge is 0.371 e. The number of benzene rings is 10. The van der Waals surface area contributed by atoms with E-state index in [0.717, 1.165) is 53.5 Å². The molecule has 0 bridgehead atoms. The highest BCUT2D eigenvalue weighted by atomic mass is 15.2. The lowest BCUT2D eigenvalue weighted by Gasteiger charge is -2.28. The van der Waals surface area contributed by atoms with Gasteiger partial charge in [0.05, 0.1) is 0 Å². The van der Waals surface area contributed by atoms with Gasteiger partial charge in [-0.1, -0.05) is 152 Å². The maximum atomic E-state index is 2.39. The monoisotopic (exact) mass is 888 g/mol. The summed E-state index contributed by atoms with van der Waals surface area (Å²) in [5, 5.41) is 7.45. The Morgan fingerprint density at radius 1 is 0.348 bits per heavy atom. The molecule has 0 radical (unpaired) electrons. The first kappa shape index (κ1) is 41.8. The van der Waals surface area contributed by atoms with Gasteiger partial charge in [0, 0.05) is 82.3 Å². The Labute approximate surface area is 404 Å². The van der Waals surface area contributed by atoms with Crippen molar-refractivity contribution in [3.8, 4) is 22.3 Å². The lowest BCUT2D eigenvalue weighted by molar-refractivity contribution is 1.00. The standard InChI is InChI=1S/C65H52N4/c1-66-43-19-5-3-4-8-20-48-44-53(39-41-61(48)66)68(49-21-9-6-10-22-49)51-35-31-46(32-36-51)64-56-26-13-15-28-58(56)65(59-29-16-14-27-57(59)64)47-33-37-52(38-34-47)69(50-23-11-7-12-24-50)54-40-42-63-60(45-54)55-25-17-18-30-62(55)67(63)2/h4-19,21-42,44-45H,3,20,43H2,1-2H3/b8-4-,19-5-. The molecule has 332 valence electrons. The number of allylic oxidation sites excluding steroid dienone is 3. The second kappa shape index (κ2) is 17.9. The molecule has 2 heterocycles. The molecule has 0 saturated heterocycles. The lowest BCUT2D eigenvalue weighted by Crippen LogP contribution is -2.19. The van der Waals surface area contributed by atoms with E-state index in [1.54, 1.807) is 0 Å². The van der Waals surface area contributed by atoms with E-state index >= 15 is 0 Å². The number of hydrogen-bond donors (Lipinski definition) is 0. The van der Waals surface area contributed by atoms with Crippen LogP contribution in [0, 0.1) is 0 Å². The van der Waals surface area contributed by atoms with Crippen LogP contribution in [0.5, 0.6) is 0 Å². The van der Waals surface area contributed by atoms with Gasteiger partial charge >= 0.3 is 0 Å². The van der Waals surface area contributed by atoms with Crippen LogP contribution in [0.25, 0.3) is 65.6 Å². The smallest absolute Gasteiger partial charge is 0.0490 e. The van der Waals surface area contributed by atoms with E-state index in [9.17, 15) is 0 Å². The van der Waals surface area contributed by atoms with E-state index in [4.69, 9.17) is 0 Å². The molecule has 1 aromatic heterocycles. The van der Waals surface area contributed by atoms with Crippen molar-refractivity contribution in [3.63, 3.8) is 0 Å². The third-order valence-electron chi connectivity index (χ3n) is 14.0. The number of nitrogens with zero attached hydrogens (tertiary/aromatic N) is 4. The number of anilines is 7. The molecule has 11 aromatic rings. The van der Waals surface area contributed by atoms with Crippen molar-refractivity contribution >= 4 is 83.2 Å². The molecule has 0 spiro atoms. The molecule has 4 nitrogen and oxygen atoms in total. The number of likely N-dealkylation sites (N-methyl/N-ethyl adjacent to an activating group) is 1. The van der Waals surface area contributed by atoms with Crippen molar-refractivity contribution in [2.75, 3.05) is 28.3 Å². The average molecular weight is 889 g/mol. The minimum atomic E-state index is 0.887. The highest BCUT2D eigenvalue weighted by Gasteiger charge is 2.21. The SMILES string of the molecule is CN1C/C=C\C/C=C\Cc2cc(N(c3ccccc3)c3ccc(-c4c5ccccc5c(-c5ccc(N(c6ccccc6)c6ccc7c(c6)c6ccccc6n7C)cc5)c5ccccc45)cc3)ccc21. The quantitative estimate of drug-likeness (QED) is 0.112. The van der Waals surface area contributed by atoms with Gasteiger partial charge in [-0.3, -0.25) is 0 Å². The third-order valence-corrected chi connectivity index (χ3v) is 14.0. The fraction of sp³-hybridized carbons (Fsp3) is 0.0769. The predicted molar refractivity (Wildman–Crippen MR) is 296 cm³/mol. The van der Waals surface area contributed by atoms with Crippen LogP contribution in [-0.2, 0) is 13.5 Å². The van der Waals surface area contributed by atoms with Crippen LogP contribution >= 0.6 is 0 Å². The lowest BCUT2D eigenvalue weighted by atomic mass is 9.86. The fourth-order valence-electron chi connectivity index (χ4n) is 10.7. The van der Waals surface area contributed by atoms with E-state index in [-0.39, 0.29) is 0 Å². The Balaban J connectivity index is 0.942. The molecule has 1 aliphatic heterocycles. The van der Waals surface area contributed by atoms with E-state index < -0.39 is 0 Å². The fourth-order valence-corrected chi connectivity index (χ4v) is 10.7. The van der Waals surface area contributed by atoms with Crippen molar-refractivity contribution in [2.45, 2.75) is 12.8 Å². The Morgan fingerprint density at radius 3 is 1.35 bits per heavy atom. The van der Waals surface area contributed by atoms with Crippen molar-refractivity contribution in [2.24, 2.45) is 7.05 Å². The first-order valence-electron chi connectivity index (χ1n) is 24.0. The Kier molecular flexibility index (Phi) is 10.8. The summed E-state index contributed by atoms with van der Waals surface area (Å²) in [5.41, 5.74) is 16.6. The Hall–Kier alpha value is -8.60. The van der Waals surface area contributed by atoms with Gasteiger partial charge in [-0.15, -0.1) is 0 Å². The molecule has 12 rings (SSSR count). The molecule has 0 atom stereocenters. The van der Waals surface area contributed by atoms with Gasteiger partial charge in [-0.2, -0.15) is 0 Å². The molecule has 69 heavy (non-hydrogen) atoms. The molecule has 0 N–H and O–H groups in total. The van der Waals surface area contributed by atoms with Crippen LogP contribution in [0.4, 0.5) is 39.8 Å². The molecule has 10 aromatic carbocycles. The summed E-state index contributed by atoms with van der Waals surface area (Å²) in [6.45, 7) is 0.888. The minimum absolute atomic E-state index is 0.887. The van der Waals surface area contributed by atoms with Crippen molar-refractivity contribution in [1.29, 1.82) is 0 Å². The highest BCUT2D eigenvalue weighted by Crippen LogP contribution is 2.46. The van der Waals surface area contributed by atoms with E-state index in [0.29, 0.717) is 0 Å². The van der Waals surface area contributed by atoms with Crippen molar-refractivity contribution in [1.82, 2.24) is 4.57 Å². The number of para-hydroxylation sites is 3. The highest BCUT2D eigenvalue weighted by molar-refractivity contribution is 6.21. The number of aryl methyl sites for hydroxylation is 1. The van der Waals surface area contributed by atoms with Crippen LogP contribution in [0.2, 0.25) is 0 Å². The van der Waals surface area contributed by atoms with Crippen LogP contribution in [0.15, 0.2) is 243 Å². The zero-order chi connectivity index (χ0) is 46.3. The van der Waals surface area contributed by atoms with Gasteiger partial charge in [-0.25, -0.2) is 0 Å². The number of rotatable bonds is 8. The molecular weight excluding hydrogens is 837 g/mol. The number of hydrogen-bond acceptors (Lipinski definition) is 3. The van der Waals surface area contributed by atoms with Crippen LogP contribution in [-0.4, -0.2) is 18.2 Å². The zero-order valence-electron chi connectivity index (χ0n) is 39.0. The van der Waals surface area contributed by atoms with Gasteiger partial charge in [0.25, 0.3) is 0 Å². The Morgan fingerprint density at radius 2 is 0.783 bits per heavy atom. The van der Waals surface area contributed by atoms with Crippen LogP contribution in [0.3, 0.4) is 0 Å². The summed E-state index contributed by atoms with van der Waals surface area (Å²) in [6.07, 6.45) is 10.9. The summed E-state index contributed by atoms with van der Waals surface area (Å²) >= 11 is 0. The summed E-state index contributed by atoms with van der Waals surface area (Å²) in [5.74, 6) is 0. The first-order valence-corrected chi connectivity index (χ1v) is 24.0. The molecule has 0 amide bonds. The van der Waals surface area contributed by atoms with Crippen molar-refractivity contribution in [3.05, 3.63) is 248 Å². The van der Waals surface area contributed by atoms with Gasteiger partial charge < -0.3 is 19.3 Å².